The first-order valence-corrected chi connectivity index (χ1v) is 6.68. The summed E-state index contributed by atoms with van der Waals surface area (Å²) in [5, 5.41) is 3.98. The molecule has 122 valence electrons. The van der Waals surface area contributed by atoms with Crippen molar-refractivity contribution in [3.8, 4) is 5.75 Å². The zero-order chi connectivity index (χ0) is 17.1. The molecule has 2 N–H and O–H groups in total. The van der Waals surface area contributed by atoms with E-state index in [0.717, 1.165) is 6.07 Å². The maximum atomic E-state index is 13.8. The van der Waals surface area contributed by atoms with E-state index in [-0.39, 0.29) is 22.7 Å². The molecule has 0 saturated carbocycles. The Morgan fingerprint density at radius 2 is 2.09 bits per heavy atom. The third kappa shape index (κ3) is 3.31. The number of aromatic nitrogens is 2. The quantitative estimate of drug-likeness (QED) is 0.662. The molecule has 8 heteroatoms. The Labute approximate surface area is 131 Å². The van der Waals surface area contributed by atoms with Crippen LogP contribution in [0.25, 0.3) is 0 Å². The number of rotatable bonds is 5. The van der Waals surface area contributed by atoms with Gasteiger partial charge in [-0.25, -0.2) is 9.18 Å². The van der Waals surface area contributed by atoms with Crippen LogP contribution in [-0.2, 0) is 11.8 Å². The van der Waals surface area contributed by atoms with Gasteiger partial charge in [0, 0.05) is 13.1 Å². The van der Waals surface area contributed by atoms with Crippen molar-refractivity contribution in [2.45, 2.75) is 6.92 Å². The fourth-order valence-corrected chi connectivity index (χ4v) is 2.06. The van der Waals surface area contributed by atoms with Gasteiger partial charge in [-0.15, -0.1) is 0 Å². The van der Waals surface area contributed by atoms with Crippen molar-refractivity contribution in [3.05, 3.63) is 40.8 Å². The minimum atomic E-state index is -0.782. The molecule has 23 heavy (non-hydrogen) atoms. The van der Waals surface area contributed by atoms with Crippen molar-refractivity contribution in [1.82, 2.24) is 9.78 Å². The van der Waals surface area contributed by atoms with E-state index in [4.69, 9.17) is 15.2 Å². The topological polar surface area (TPSA) is 96.4 Å². The number of nitrogens with two attached hydrogens (primary N) is 1. The molecular formula is C15H16FN3O4. The van der Waals surface area contributed by atoms with Crippen molar-refractivity contribution in [2.75, 3.05) is 19.5 Å². The zero-order valence-corrected chi connectivity index (χ0v) is 12.9. The Balaban J connectivity index is 2.08. The molecule has 0 spiro atoms. The summed E-state index contributed by atoms with van der Waals surface area (Å²) >= 11 is 0. The van der Waals surface area contributed by atoms with Crippen LogP contribution < -0.4 is 10.5 Å². The second-order valence-electron chi connectivity index (χ2n) is 4.81. The van der Waals surface area contributed by atoms with E-state index in [1.165, 1.54) is 23.9 Å². The Kier molecular flexibility index (Phi) is 4.63. The van der Waals surface area contributed by atoms with E-state index < -0.39 is 24.2 Å². The van der Waals surface area contributed by atoms with E-state index in [9.17, 15) is 14.0 Å². The molecule has 0 radical (unpaired) electrons. The van der Waals surface area contributed by atoms with Gasteiger partial charge in [0.25, 0.3) is 0 Å². The van der Waals surface area contributed by atoms with Crippen molar-refractivity contribution in [3.63, 3.8) is 0 Å². The van der Waals surface area contributed by atoms with Gasteiger partial charge in [-0.05, 0) is 19.1 Å². The Hall–Kier alpha value is -2.90. The Morgan fingerprint density at radius 3 is 2.61 bits per heavy atom. The van der Waals surface area contributed by atoms with Crippen LogP contribution in [0.4, 0.5) is 10.2 Å². The number of hydrogen-bond donors (Lipinski definition) is 1. The summed E-state index contributed by atoms with van der Waals surface area (Å²) in [7, 11) is 2.97. The zero-order valence-electron chi connectivity index (χ0n) is 12.9. The summed E-state index contributed by atoms with van der Waals surface area (Å²) in [6.45, 7) is 0.994. The fraction of sp³-hybridized carbons (Fsp3) is 0.267. The lowest BCUT2D eigenvalue weighted by molar-refractivity contribution is 0.0473. The highest BCUT2D eigenvalue weighted by molar-refractivity contribution is 6.01. The average Bonchev–Trinajstić information content (AvgIpc) is 2.77. The predicted octanol–water partition coefficient (Wildman–Crippen LogP) is 1.50. The predicted molar refractivity (Wildman–Crippen MR) is 79.9 cm³/mol. The van der Waals surface area contributed by atoms with E-state index in [0.29, 0.717) is 5.69 Å². The van der Waals surface area contributed by atoms with E-state index in [1.54, 1.807) is 14.0 Å². The number of benzene rings is 1. The molecule has 0 unspecified atom stereocenters. The highest BCUT2D eigenvalue weighted by Crippen LogP contribution is 2.18. The number of methoxy groups -OCH3 is 1. The first-order chi connectivity index (χ1) is 10.8. The van der Waals surface area contributed by atoms with Crippen molar-refractivity contribution >= 4 is 17.6 Å². The lowest BCUT2D eigenvalue weighted by Crippen LogP contribution is -2.16. The maximum absolute atomic E-state index is 13.8. The number of hydrogen-bond acceptors (Lipinski definition) is 6. The number of anilines is 1. The van der Waals surface area contributed by atoms with Crippen LogP contribution in [0, 0.1) is 12.7 Å². The molecule has 0 aliphatic rings. The molecule has 2 rings (SSSR count). The molecular weight excluding hydrogens is 305 g/mol. The molecule has 1 heterocycles. The van der Waals surface area contributed by atoms with Crippen LogP contribution in [0.3, 0.4) is 0 Å². The number of Topliss-reactive ketones (excluding diaryl/α,β-unsaturated/α-hetero) is 1. The van der Waals surface area contributed by atoms with E-state index >= 15 is 0 Å². The highest BCUT2D eigenvalue weighted by atomic mass is 19.1. The van der Waals surface area contributed by atoms with Gasteiger partial charge in [-0.2, -0.15) is 5.10 Å². The normalized spacial score (nSPS) is 10.4. The summed E-state index contributed by atoms with van der Waals surface area (Å²) in [5.41, 5.74) is 6.01. The van der Waals surface area contributed by atoms with Crippen LogP contribution in [0.5, 0.6) is 5.75 Å². The number of ketones is 1. The largest absolute Gasteiger partial charge is 0.497 e. The molecule has 0 aliphatic heterocycles. The van der Waals surface area contributed by atoms with Crippen LogP contribution in [0.15, 0.2) is 18.2 Å². The van der Waals surface area contributed by atoms with Gasteiger partial charge >= 0.3 is 5.97 Å². The molecule has 1 aromatic carbocycles. The molecule has 0 atom stereocenters. The summed E-state index contributed by atoms with van der Waals surface area (Å²) in [6, 6.07) is 3.80. The van der Waals surface area contributed by atoms with Crippen LogP contribution in [0.1, 0.15) is 26.4 Å². The maximum Gasteiger partial charge on any atom is 0.344 e. The van der Waals surface area contributed by atoms with Gasteiger partial charge in [-0.3, -0.25) is 9.48 Å². The number of aryl methyl sites for hydroxylation is 2. The molecule has 0 fully saturated rings. The molecule has 1 aromatic heterocycles. The molecule has 0 bridgehead atoms. The van der Waals surface area contributed by atoms with Crippen molar-refractivity contribution in [2.24, 2.45) is 7.05 Å². The minimum absolute atomic E-state index is 0.0931. The SMILES string of the molecule is COc1ccc(C(=O)COC(=O)c2c(C)nn(C)c2N)c(F)c1. The second-order valence-corrected chi connectivity index (χ2v) is 4.81. The van der Waals surface area contributed by atoms with Gasteiger partial charge in [0.2, 0.25) is 5.78 Å². The molecule has 7 nitrogen and oxygen atoms in total. The van der Waals surface area contributed by atoms with Gasteiger partial charge in [0.1, 0.15) is 22.9 Å². The lowest BCUT2D eigenvalue weighted by Gasteiger charge is -2.06. The minimum Gasteiger partial charge on any atom is -0.497 e. The molecule has 0 aliphatic carbocycles. The van der Waals surface area contributed by atoms with Gasteiger partial charge in [-0.1, -0.05) is 0 Å². The summed E-state index contributed by atoms with van der Waals surface area (Å²) in [5.74, 6) is -1.78. The third-order valence-electron chi connectivity index (χ3n) is 3.28. The number of nitrogen functional groups attached to an aromatic ring is 1. The summed E-state index contributed by atoms with van der Waals surface area (Å²) in [6.07, 6.45) is 0. The number of carbonyl (C=O) groups is 2. The number of carbonyl (C=O) groups excluding carboxylic acids is 2. The fourth-order valence-electron chi connectivity index (χ4n) is 2.06. The average molecular weight is 321 g/mol. The first kappa shape index (κ1) is 16.5. The first-order valence-electron chi connectivity index (χ1n) is 6.68. The summed E-state index contributed by atoms with van der Waals surface area (Å²) < 4.78 is 24.9. The van der Waals surface area contributed by atoms with Crippen LogP contribution in [-0.4, -0.2) is 35.2 Å². The smallest absolute Gasteiger partial charge is 0.344 e. The number of nitrogens with zero attached hydrogens (tertiary/aromatic N) is 2. The Bertz CT molecular complexity index is 770. The Morgan fingerprint density at radius 1 is 1.39 bits per heavy atom. The van der Waals surface area contributed by atoms with Gasteiger partial charge in [0.05, 0.1) is 18.4 Å². The van der Waals surface area contributed by atoms with Gasteiger partial charge < -0.3 is 15.2 Å². The number of ether oxygens (including phenoxy) is 2. The second kappa shape index (κ2) is 6.47. The summed E-state index contributed by atoms with van der Waals surface area (Å²) in [4.78, 5) is 24.0. The molecule has 0 amide bonds. The van der Waals surface area contributed by atoms with Crippen LogP contribution in [0.2, 0.25) is 0 Å². The number of esters is 1. The van der Waals surface area contributed by atoms with Crippen molar-refractivity contribution in [1.29, 1.82) is 0 Å². The molecule has 0 saturated heterocycles. The highest BCUT2D eigenvalue weighted by Gasteiger charge is 2.21. The molecule has 2 aromatic rings. The van der Waals surface area contributed by atoms with Crippen molar-refractivity contribution < 1.29 is 23.5 Å². The van der Waals surface area contributed by atoms with E-state index in [2.05, 4.69) is 5.10 Å². The third-order valence-corrected chi connectivity index (χ3v) is 3.28. The van der Waals surface area contributed by atoms with Crippen LogP contribution >= 0.6 is 0 Å². The van der Waals surface area contributed by atoms with Gasteiger partial charge in [0.15, 0.2) is 6.61 Å². The monoisotopic (exact) mass is 321 g/mol. The van der Waals surface area contributed by atoms with E-state index in [1.807, 2.05) is 0 Å². The standard InChI is InChI=1S/C15H16FN3O4/c1-8-13(14(17)19(2)18-8)15(21)23-7-12(20)10-5-4-9(22-3)6-11(10)16/h4-6H,7,17H2,1-3H3. The number of halogens is 1. The lowest BCUT2D eigenvalue weighted by atomic mass is 10.1.